The number of aldehydes is 1. The van der Waals surface area contributed by atoms with Gasteiger partial charge in [-0.15, -0.1) is 0 Å². The molecule has 0 unspecified atom stereocenters. The van der Waals surface area contributed by atoms with Crippen molar-refractivity contribution in [1.29, 1.82) is 0 Å². The summed E-state index contributed by atoms with van der Waals surface area (Å²) in [6.07, 6.45) is 12.6. The largest absolute Gasteiger partial charge is 0.303 e. The molecule has 0 fully saturated rings. The van der Waals surface area contributed by atoms with Crippen LogP contribution in [0.2, 0.25) is 0 Å². The van der Waals surface area contributed by atoms with Gasteiger partial charge in [0.2, 0.25) is 0 Å². The van der Waals surface area contributed by atoms with E-state index < -0.39 is 0 Å². The third-order valence-electron chi connectivity index (χ3n) is 1.91. The van der Waals surface area contributed by atoms with Crippen LogP contribution in [0, 0.1) is 0 Å². The van der Waals surface area contributed by atoms with Crippen LogP contribution in [0.15, 0.2) is 23.8 Å². The lowest BCUT2D eigenvalue weighted by Gasteiger charge is -2.03. The van der Waals surface area contributed by atoms with Gasteiger partial charge in [-0.05, 0) is 25.7 Å². The van der Waals surface area contributed by atoms with Crippen molar-refractivity contribution >= 4 is 6.29 Å². The molecule has 11 heavy (non-hydrogen) atoms. The second-order valence-electron chi connectivity index (χ2n) is 2.82. The Hall–Kier alpha value is -0.850. The Morgan fingerprint density at radius 1 is 1.27 bits per heavy atom. The molecule has 0 spiro atoms. The number of rotatable bonds is 2. The van der Waals surface area contributed by atoms with Gasteiger partial charge in [0.05, 0.1) is 0 Å². The minimum absolute atomic E-state index is 0.633. The number of carbonyl (C=O) groups is 1. The quantitative estimate of drug-likeness (QED) is 0.437. The molecular weight excluding hydrogens is 136 g/mol. The third kappa shape index (κ3) is 3.17. The van der Waals surface area contributed by atoms with E-state index in [2.05, 4.69) is 18.2 Å². The molecule has 1 aliphatic rings. The summed E-state index contributed by atoms with van der Waals surface area (Å²) in [5.74, 6) is 0. The molecular formula is C10H14O. The van der Waals surface area contributed by atoms with Crippen LogP contribution in [0.5, 0.6) is 0 Å². The minimum Gasteiger partial charge on any atom is -0.303 e. The summed E-state index contributed by atoms with van der Waals surface area (Å²) in [5, 5.41) is 0. The first-order valence-corrected chi connectivity index (χ1v) is 4.20. The summed E-state index contributed by atoms with van der Waals surface area (Å²) in [7, 11) is 0. The second-order valence-corrected chi connectivity index (χ2v) is 2.82. The number of hydrogen-bond acceptors (Lipinski definition) is 1. The highest BCUT2D eigenvalue weighted by Crippen LogP contribution is 2.13. The second kappa shape index (κ2) is 4.89. The Morgan fingerprint density at radius 2 is 2.09 bits per heavy atom. The fourth-order valence-electron chi connectivity index (χ4n) is 1.28. The smallest absolute Gasteiger partial charge is 0.124 e. The maximum Gasteiger partial charge on any atom is 0.124 e. The van der Waals surface area contributed by atoms with E-state index >= 15 is 0 Å². The van der Waals surface area contributed by atoms with Crippen molar-refractivity contribution in [2.45, 2.75) is 32.1 Å². The van der Waals surface area contributed by atoms with Crippen LogP contribution in [0.25, 0.3) is 0 Å². The molecule has 0 aromatic heterocycles. The fourth-order valence-corrected chi connectivity index (χ4v) is 1.28. The number of hydrogen-bond donors (Lipinski definition) is 0. The van der Waals surface area contributed by atoms with Crippen LogP contribution in [0.3, 0.4) is 0 Å². The van der Waals surface area contributed by atoms with Gasteiger partial charge in [0.25, 0.3) is 0 Å². The van der Waals surface area contributed by atoms with Gasteiger partial charge in [0, 0.05) is 6.42 Å². The summed E-state index contributed by atoms with van der Waals surface area (Å²) in [5.41, 5.74) is 1.31. The average molecular weight is 150 g/mol. The molecule has 1 nitrogen and oxygen atoms in total. The fraction of sp³-hybridized carbons (Fsp3) is 0.500. The molecule has 0 radical (unpaired) electrons. The Morgan fingerprint density at radius 3 is 2.91 bits per heavy atom. The average Bonchev–Trinajstić information content (AvgIpc) is 1.94. The lowest BCUT2D eigenvalue weighted by molar-refractivity contribution is -0.107. The van der Waals surface area contributed by atoms with Crippen molar-refractivity contribution in [2.75, 3.05) is 0 Å². The van der Waals surface area contributed by atoms with E-state index in [4.69, 9.17) is 0 Å². The standard InChI is InChI=1S/C10H14O/c11-9-8-10-6-4-2-1-3-5-7-10/h1-2,7,9H,3-6,8H2. The molecule has 60 valence electrons. The summed E-state index contributed by atoms with van der Waals surface area (Å²) in [4.78, 5) is 10.2. The Labute approximate surface area is 67.8 Å². The van der Waals surface area contributed by atoms with E-state index in [0.29, 0.717) is 6.42 Å². The summed E-state index contributed by atoms with van der Waals surface area (Å²) >= 11 is 0. The zero-order valence-electron chi connectivity index (χ0n) is 6.75. The molecule has 0 saturated heterocycles. The van der Waals surface area contributed by atoms with Crippen LogP contribution in [-0.2, 0) is 4.79 Å². The molecule has 1 aliphatic carbocycles. The van der Waals surface area contributed by atoms with E-state index in [-0.39, 0.29) is 0 Å². The van der Waals surface area contributed by atoms with Gasteiger partial charge in [-0.3, -0.25) is 0 Å². The first-order valence-electron chi connectivity index (χ1n) is 4.20. The topological polar surface area (TPSA) is 17.1 Å². The van der Waals surface area contributed by atoms with Crippen molar-refractivity contribution in [1.82, 2.24) is 0 Å². The van der Waals surface area contributed by atoms with Gasteiger partial charge in [-0.25, -0.2) is 0 Å². The zero-order valence-corrected chi connectivity index (χ0v) is 6.75. The van der Waals surface area contributed by atoms with Gasteiger partial charge in [-0.1, -0.05) is 23.8 Å². The summed E-state index contributed by atoms with van der Waals surface area (Å²) in [6, 6.07) is 0. The monoisotopic (exact) mass is 150 g/mol. The van der Waals surface area contributed by atoms with Crippen molar-refractivity contribution in [3.05, 3.63) is 23.8 Å². The van der Waals surface area contributed by atoms with Gasteiger partial charge >= 0.3 is 0 Å². The molecule has 0 amide bonds. The SMILES string of the molecule is O=CCC1=CCCC=CCC1. The normalized spacial score (nSPS) is 18.4. The van der Waals surface area contributed by atoms with Gasteiger partial charge in [-0.2, -0.15) is 0 Å². The molecule has 0 aromatic rings. The van der Waals surface area contributed by atoms with Crippen molar-refractivity contribution < 1.29 is 4.79 Å². The Kier molecular flexibility index (Phi) is 3.67. The predicted molar refractivity (Wildman–Crippen MR) is 46.4 cm³/mol. The predicted octanol–water partition coefficient (Wildman–Crippen LogP) is 2.63. The van der Waals surface area contributed by atoms with Crippen LogP contribution >= 0.6 is 0 Å². The highest BCUT2D eigenvalue weighted by atomic mass is 16.1. The van der Waals surface area contributed by atoms with Crippen molar-refractivity contribution in [3.8, 4) is 0 Å². The maximum atomic E-state index is 10.2. The molecule has 0 aromatic carbocycles. The van der Waals surface area contributed by atoms with Crippen LogP contribution in [0.4, 0.5) is 0 Å². The molecule has 1 rings (SSSR count). The Balaban J connectivity index is 2.42. The van der Waals surface area contributed by atoms with E-state index in [1.54, 1.807) is 0 Å². The zero-order chi connectivity index (χ0) is 7.94. The van der Waals surface area contributed by atoms with Gasteiger partial charge < -0.3 is 4.79 Å². The highest BCUT2D eigenvalue weighted by Gasteiger charge is 1.96. The number of allylic oxidation sites excluding steroid dienone is 4. The van der Waals surface area contributed by atoms with Crippen LogP contribution in [-0.4, -0.2) is 6.29 Å². The van der Waals surface area contributed by atoms with E-state index in [0.717, 1.165) is 32.0 Å². The van der Waals surface area contributed by atoms with Crippen LogP contribution in [0.1, 0.15) is 32.1 Å². The van der Waals surface area contributed by atoms with Crippen molar-refractivity contribution in [2.24, 2.45) is 0 Å². The van der Waals surface area contributed by atoms with Gasteiger partial charge in [0.1, 0.15) is 6.29 Å². The first kappa shape index (κ1) is 8.25. The first-order chi connectivity index (χ1) is 5.43. The van der Waals surface area contributed by atoms with Gasteiger partial charge in [0.15, 0.2) is 0 Å². The molecule has 0 N–H and O–H groups in total. The van der Waals surface area contributed by atoms with Crippen molar-refractivity contribution in [3.63, 3.8) is 0 Å². The molecule has 1 heteroatoms. The van der Waals surface area contributed by atoms with E-state index in [1.165, 1.54) is 5.57 Å². The third-order valence-corrected chi connectivity index (χ3v) is 1.91. The Bertz CT molecular complexity index is 177. The molecule has 0 atom stereocenters. The summed E-state index contributed by atoms with van der Waals surface area (Å²) < 4.78 is 0. The lowest BCUT2D eigenvalue weighted by atomic mass is 10.0. The maximum absolute atomic E-state index is 10.2. The van der Waals surface area contributed by atoms with E-state index in [1.807, 2.05) is 0 Å². The molecule has 0 bridgehead atoms. The van der Waals surface area contributed by atoms with Crippen LogP contribution < -0.4 is 0 Å². The summed E-state index contributed by atoms with van der Waals surface area (Å²) in [6.45, 7) is 0. The molecule has 0 heterocycles. The minimum atomic E-state index is 0.633. The lowest BCUT2D eigenvalue weighted by Crippen LogP contribution is -1.87. The molecule has 0 aliphatic heterocycles. The highest BCUT2D eigenvalue weighted by molar-refractivity contribution is 5.54. The molecule has 0 saturated carbocycles. The van der Waals surface area contributed by atoms with E-state index in [9.17, 15) is 4.79 Å². The number of carbonyl (C=O) groups excluding carboxylic acids is 1.